The Morgan fingerprint density at radius 3 is 2.75 bits per heavy atom. The summed E-state index contributed by atoms with van der Waals surface area (Å²) in [6.07, 6.45) is 5.11. The van der Waals surface area contributed by atoms with E-state index in [0.717, 1.165) is 34.5 Å². The predicted octanol–water partition coefficient (Wildman–Crippen LogP) is 3.78. The van der Waals surface area contributed by atoms with Gasteiger partial charge in [0.1, 0.15) is 5.69 Å². The average Bonchev–Trinajstić information content (AvgIpc) is 2.49. The number of nitrogens with one attached hydrogen (secondary N) is 1. The molecule has 3 rings (SSSR count). The topological polar surface area (TPSA) is 50.7 Å². The lowest BCUT2D eigenvalue weighted by Gasteiger charge is -2.10. The first kappa shape index (κ1) is 12.8. The molecule has 2 aromatic heterocycles. The molecule has 100 valence electrons. The van der Waals surface area contributed by atoms with Gasteiger partial charge < -0.3 is 5.32 Å². The van der Waals surface area contributed by atoms with Crippen molar-refractivity contribution in [2.75, 3.05) is 11.9 Å². The molecule has 0 unspecified atom stereocenters. The van der Waals surface area contributed by atoms with Crippen molar-refractivity contribution in [2.24, 2.45) is 0 Å². The fraction of sp³-hybridized carbons (Fsp3) is 0.133. The van der Waals surface area contributed by atoms with E-state index in [1.165, 1.54) is 0 Å². The lowest BCUT2D eigenvalue weighted by atomic mass is 10.1. The third-order valence-corrected chi connectivity index (χ3v) is 3.34. The van der Waals surface area contributed by atoms with E-state index in [0.29, 0.717) is 5.02 Å². The fourth-order valence-electron chi connectivity index (χ4n) is 2.16. The van der Waals surface area contributed by atoms with Gasteiger partial charge in [-0.25, -0.2) is 4.98 Å². The molecule has 0 spiro atoms. The second-order valence-corrected chi connectivity index (χ2v) is 4.69. The van der Waals surface area contributed by atoms with Crippen LogP contribution < -0.4 is 5.32 Å². The number of hydrogen-bond donors (Lipinski definition) is 1. The summed E-state index contributed by atoms with van der Waals surface area (Å²) < 4.78 is 0. The summed E-state index contributed by atoms with van der Waals surface area (Å²) in [5.41, 5.74) is 2.54. The summed E-state index contributed by atoms with van der Waals surface area (Å²) >= 11 is 6.23. The van der Waals surface area contributed by atoms with E-state index in [9.17, 15) is 0 Å². The van der Waals surface area contributed by atoms with Crippen LogP contribution in [0.1, 0.15) is 6.92 Å². The first-order valence-corrected chi connectivity index (χ1v) is 6.77. The zero-order valence-electron chi connectivity index (χ0n) is 11.0. The molecule has 3 aromatic rings. The molecule has 0 aliphatic rings. The van der Waals surface area contributed by atoms with Crippen molar-refractivity contribution >= 4 is 28.3 Å². The Bertz CT molecular complexity index is 758. The third kappa shape index (κ3) is 2.18. The summed E-state index contributed by atoms with van der Waals surface area (Å²) in [6, 6.07) is 7.63. The summed E-state index contributed by atoms with van der Waals surface area (Å²) in [7, 11) is 0. The monoisotopic (exact) mass is 284 g/mol. The molecule has 0 fully saturated rings. The first-order valence-electron chi connectivity index (χ1n) is 6.39. The van der Waals surface area contributed by atoms with Crippen LogP contribution >= 0.6 is 11.6 Å². The van der Waals surface area contributed by atoms with Gasteiger partial charge in [-0.3, -0.25) is 9.97 Å². The van der Waals surface area contributed by atoms with Gasteiger partial charge in [0.15, 0.2) is 5.82 Å². The number of rotatable bonds is 3. The van der Waals surface area contributed by atoms with Crippen molar-refractivity contribution in [3.8, 4) is 11.3 Å². The van der Waals surface area contributed by atoms with Gasteiger partial charge in [-0.05, 0) is 31.2 Å². The minimum Gasteiger partial charge on any atom is -0.369 e. The molecule has 1 N–H and O–H groups in total. The molecule has 4 nitrogen and oxygen atoms in total. The maximum atomic E-state index is 6.23. The highest BCUT2D eigenvalue weighted by molar-refractivity contribution is 6.35. The van der Waals surface area contributed by atoms with Crippen molar-refractivity contribution in [3.63, 3.8) is 0 Å². The largest absolute Gasteiger partial charge is 0.369 e. The van der Waals surface area contributed by atoms with Gasteiger partial charge in [0.25, 0.3) is 0 Å². The molecule has 0 bridgehead atoms. The lowest BCUT2D eigenvalue weighted by molar-refractivity contribution is 1.12. The van der Waals surface area contributed by atoms with Crippen LogP contribution in [0.5, 0.6) is 0 Å². The number of nitrogens with zero attached hydrogens (tertiary/aromatic N) is 3. The Hall–Kier alpha value is -2.20. The third-order valence-electron chi connectivity index (χ3n) is 3.01. The molecular weight excluding hydrogens is 272 g/mol. The SMILES string of the molecule is CCNc1nccnc1-c1ccc(Cl)c2cccnc12. The quantitative estimate of drug-likeness (QED) is 0.795. The molecule has 0 aliphatic carbocycles. The maximum Gasteiger partial charge on any atom is 0.152 e. The molecule has 1 aromatic carbocycles. The van der Waals surface area contributed by atoms with Gasteiger partial charge in [-0.2, -0.15) is 0 Å². The zero-order chi connectivity index (χ0) is 13.9. The smallest absolute Gasteiger partial charge is 0.152 e. The molecule has 5 heteroatoms. The summed E-state index contributed by atoms with van der Waals surface area (Å²) in [5.74, 6) is 0.754. The molecule has 0 radical (unpaired) electrons. The number of fused-ring (bicyclic) bond motifs is 1. The van der Waals surface area contributed by atoms with E-state index in [1.54, 1.807) is 18.6 Å². The number of aromatic nitrogens is 3. The normalized spacial score (nSPS) is 10.7. The molecule has 20 heavy (non-hydrogen) atoms. The van der Waals surface area contributed by atoms with Crippen molar-refractivity contribution < 1.29 is 0 Å². The molecule has 0 saturated carbocycles. The minimum atomic E-state index is 0.686. The fourth-order valence-corrected chi connectivity index (χ4v) is 2.38. The van der Waals surface area contributed by atoms with E-state index in [-0.39, 0.29) is 0 Å². The van der Waals surface area contributed by atoms with E-state index in [2.05, 4.69) is 20.3 Å². The van der Waals surface area contributed by atoms with Crippen LogP contribution in [0.2, 0.25) is 5.02 Å². The number of pyridine rings is 1. The van der Waals surface area contributed by atoms with Crippen LogP contribution in [0.3, 0.4) is 0 Å². The second kappa shape index (κ2) is 5.43. The summed E-state index contributed by atoms with van der Waals surface area (Å²) in [4.78, 5) is 13.2. The Kier molecular flexibility index (Phi) is 3.48. The van der Waals surface area contributed by atoms with Crippen molar-refractivity contribution in [1.29, 1.82) is 0 Å². The first-order chi connectivity index (χ1) is 9.81. The number of benzene rings is 1. The van der Waals surface area contributed by atoms with Crippen molar-refractivity contribution in [1.82, 2.24) is 15.0 Å². The molecule has 2 heterocycles. The number of anilines is 1. The van der Waals surface area contributed by atoms with Crippen LogP contribution in [0.25, 0.3) is 22.2 Å². The Morgan fingerprint density at radius 1 is 1.05 bits per heavy atom. The van der Waals surface area contributed by atoms with Crippen molar-refractivity contribution in [3.05, 3.63) is 47.9 Å². The predicted molar refractivity (Wildman–Crippen MR) is 81.9 cm³/mol. The van der Waals surface area contributed by atoms with Gasteiger partial charge in [0, 0.05) is 36.1 Å². The van der Waals surface area contributed by atoms with Crippen LogP contribution in [0, 0.1) is 0 Å². The van der Waals surface area contributed by atoms with Crippen LogP contribution in [0.4, 0.5) is 5.82 Å². The number of halogens is 1. The van der Waals surface area contributed by atoms with Crippen molar-refractivity contribution in [2.45, 2.75) is 6.92 Å². The molecule has 0 amide bonds. The Morgan fingerprint density at radius 2 is 1.90 bits per heavy atom. The summed E-state index contributed by atoms with van der Waals surface area (Å²) in [5, 5.41) is 4.82. The molecule has 0 atom stereocenters. The highest BCUT2D eigenvalue weighted by Crippen LogP contribution is 2.33. The second-order valence-electron chi connectivity index (χ2n) is 4.28. The lowest BCUT2D eigenvalue weighted by Crippen LogP contribution is -2.03. The molecular formula is C15H13ClN4. The van der Waals surface area contributed by atoms with Crippen LogP contribution in [-0.2, 0) is 0 Å². The van der Waals surface area contributed by atoms with Gasteiger partial charge in [-0.1, -0.05) is 11.6 Å². The minimum absolute atomic E-state index is 0.686. The molecule has 0 aliphatic heterocycles. The standard InChI is InChI=1S/C15H13ClN4/c1-2-17-15-14(19-8-9-20-15)11-5-6-12(16)10-4-3-7-18-13(10)11/h3-9H,2H2,1H3,(H,17,20). The van der Waals surface area contributed by atoms with E-state index < -0.39 is 0 Å². The Balaban J connectivity index is 2.28. The van der Waals surface area contributed by atoms with E-state index >= 15 is 0 Å². The maximum absolute atomic E-state index is 6.23. The molecule has 0 saturated heterocycles. The van der Waals surface area contributed by atoms with Gasteiger partial charge in [0.2, 0.25) is 0 Å². The zero-order valence-corrected chi connectivity index (χ0v) is 11.7. The van der Waals surface area contributed by atoms with Gasteiger partial charge in [0.05, 0.1) is 10.5 Å². The Labute approximate surface area is 121 Å². The van der Waals surface area contributed by atoms with Crippen LogP contribution in [-0.4, -0.2) is 21.5 Å². The summed E-state index contributed by atoms with van der Waals surface area (Å²) in [6.45, 7) is 2.81. The highest BCUT2D eigenvalue weighted by atomic mass is 35.5. The van der Waals surface area contributed by atoms with E-state index in [1.807, 2.05) is 31.2 Å². The van der Waals surface area contributed by atoms with Gasteiger partial charge >= 0.3 is 0 Å². The van der Waals surface area contributed by atoms with Gasteiger partial charge in [-0.15, -0.1) is 0 Å². The highest BCUT2D eigenvalue weighted by Gasteiger charge is 2.12. The number of hydrogen-bond acceptors (Lipinski definition) is 4. The van der Waals surface area contributed by atoms with Crippen LogP contribution in [0.15, 0.2) is 42.9 Å². The average molecular weight is 285 g/mol. The van der Waals surface area contributed by atoms with E-state index in [4.69, 9.17) is 11.6 Å².